The summed E-state index contributed by atoms with van der Waals surface area (Å²) in [4.78, 5) is 22.6. The molecule has 1 heterocycles. The van der Waals surface area contributed by atoms with Gasteiger partial charge < -0.3 is 9.47 Å². The van der Waals surface area contributed by atoms with Gasteiger partial charge in [0.1, 0.15) is 18.2 Å². The lowest BCUT2D eigenvalue weighted by molar-refractivity contribution is -0.128. The minimum absolute atomic E-state index is 0.146. The summed E-state index contributed by atoms with van der Waals surface area (Å²) < 4.78 is 10.8. The van der Waals surface area contributed by atoms with Gasteiger partial charge in [-0.15, -0.1) is 0 Å². The van der Waals surface area contributed by atoms with Gasteiger partial charge in [0.15, 0.2) is 0 Å². The largest absolute Gasteiger partial charge is 0.499 e. The summed E-state index contributed by atoms with van der Waals surface area (Å²) in [7, 11) is 0. The van der Waals surface area contributed by atoms with E-state index < -0.39 is 5.92 Å². The molecule has 1 aliphatic rings. The number of carbonyl (C=O) groups is 2. The molecule has 1 rings (SSSR count). The molecule has 1 aliphatic heterocycles. The molecule has 0 aliphatic carbocycles. The van der Waals surface area contributed by atoms with E-state index in [1.165, 1.54) is 20.1 Å². The first-order valence-electron chi connectivity index (χ1n) is 5.93. The molecule has 17 heavy (non-hydrogen) atoms. The molecule has 1 unspecified atom stereocenters. The van der Waals surface area contributed by atoms with E-state index in [0.717, 1.165) is 19.4 Å². The minimum Gasteiger partial charge on any atom is -0.499 e. The number of hydrogen-bond acceptors (Lipinski definition) is 4. The Kier molecular flexibility index (Phi) is 5.35. The Balaban J connectivity index is 2.45. The predicted octanol–water partition coefficient (Wildman–Crippen LogP) is 1.88. The van der Waals surface area contributed by atoms with Gasteiger partial charge in [0, 0.05) is 6.61 Å². The van der Waals surface area contributed by atoms with Crippen molar-refractivity contribution in [2.75, 3.05) is 13.2 Å². The van der Waals surface area contributed by atoms with Crippen molar-refractivity contribution in [2.24, 2.45) is 5.92 Å². The molecule has 0 aromatic rings. The molecule has 96 valence electrons. The molecule has 0 radical (unpaired) electrons. The molecule has 1 atom stereocenters. The lowest BCUT2D eigenvalue weighted by Crippen LogP contribution is -2.21. The van der Waals surface area contributed by atoms with Crippen LogP contribution in [0.2, 0.25) is 0 Å². The molecule has 0 aromatic heterocycles. The molecule has 0 bridgehead atoms. The van der Waals surface area contributed by atoms with Crippen molar-refractivity contribution in [3.05, 3.63) is 11.8 Å². The van der Waals surface area contributed by atoms with E-state index >= 15 is 0 Å². The van der Waals surface area contributed by atoms with Crippen molar-refractivity contribution in [3.8, 4) is 0 Å². The van der Waals surface area contributed by atoms with Gasteiger partial charge in [-0.25, -0.2) is 0 Å². The lowest BCUT2D eigenvalue weighted by atomic mass is 9.94. The highest BCUT2D eigenvalue weighted by Gasteiger charge is 2.22. The number of allylic oxidation sites excluding steroid dienone is 1. The smallest absolute Gasteiger partial charge is 0.144 e. The Bertz CT molecular complexity index is 299. The molecule has 0 amide bonds. The summed E-state index contributed by atoms with van der Waals surface area (Å²) in [6.07, 6.45) is 3.73. The topological polar surface area (TPSA) is 52.6 Å². The van der Waals surface area contributed by atoms with Gasteiger partial charge in [-0.3, -0.25) is 9.59 Å². The van der Waals surface area contributed by atoms with Crippen LogP contribution in [0.25, 0.3) is 0 Å². The van der Waals surface area contributed by atoms with E-state index in [0.29, 0.717) is 12.2 Å². The van der Waals surface area contributed by atoms with Crippen LogP contribution in [0, 0.1) is 5.92 Å². The quantitative estimate of drug-likeness (QED) is 0.525. The number of hydrogen-bond donors (Lipinski definition) is 0. The van der Waals surface area contributed by atoms with Gasteiger partial charge in [-0.05, 0) is 39.2 Å². The van der Waals surface area contributed by atoms with Gasteiger partial charge in [0.2, 0.25) is 0 Å². The van der Waals surface area contributed by atoms with Crippen LogP contribution in [0.1, 0.15) is 33.6 Å². The second-order valence-corrected chi connectivity index (χ2v) is 4.48. The van der Waals surface area contributed by atoms with E-state index in [4.69, 9.17) is 9.47 Å². The molecule has 0 aromatic carbocycles. The molecular formula is C13H20O4. The van der Waals surface area contributed by atoms with Crippen LogP contribution in [-0.2, 0) is 19.1 Å². The summed E-state index contributed by atoms with van der Waals surface area (Å²) in [5.41, 5.74) is 0.656. The van der Waals surface area contributed by atoms with Gasteiger partial charge >= 0.3 is 0 Å². The molecule has 0 spiro atoms. The third kappa shape index (κ3) is 4.30. The summed E-state index contributed by atoms with van der Waals surface area (Å²) in [6, 6.07) is 0. The average Bonchev–Trinajstić information content (AvgIpc) is 2.69. The summed E-state index contributed by atoms with van der Waals surface area (Å²) in [6.45, 7) is 5.86. The van der Waals surface area contributed by atoms with Crippen LogP contribution in [0.5, 0.6) is 0 Å². The lowest BCUT2D eigenvalue weighted by Gasteiger charge is -2.12. The molecule has 0 saturated carbocycles. The van der Waals surface area contributed by atoms with Crippen molar-refractivity contribution in [2.45, 2.75) is 39.7 Å². The first-order valence-corrected chi connectivity index (χ1v) is 5.93. The van der Waals surface area contributed by atoms with Gasteiger partial charge in [0.25, 0.3) is 0 Å². The Labute approximate surface area is 102 Å². The van der Waals surface area contributed by atoms with E-state index in [-0.39, 0.29) is 17.7 Å². The highest BCUT2D eigenvalue weighted by molar-refractivity contribution is 6.02. The van der Waals surface area contributed by atoms with Crippen molar-refractivity contribution in [1.82, 2.24) is 0 Å². The maximum Gasteiger partial charge on any atom is 0.144 e. The first kappa shape index (κ1) is 13.9. The van der Waals surface area contributed by atoms with Crippen LogP contribution < -0.4 is 0 Å². The third-order valence-corrected chi connectivity index (χ3v) is 2.84. The second kappa shape index (κ2) is 6.55. The molecule has 4 nitrogen and oxygen atoms in total. The summed E-state index contributed by atoms with van der Waals surface area (Å²) in [5, 5.41) is 0. The summed E-state index contributed by atoms with van der Waals surface area (Å²) in [5.74, 6) is -0.960. The molecule has 1 fully saturated rings. The maximum atomic E-state index is 11.3. The van der Waals surface area contributed by atoms with Crippen LogP contribution in [-0.4, -0.2) is 30.9 Å². The van der Waals surface area contributed by atoms with Crippen LogP contribution in [0.4, 0.5) is 0 Å². The van der Waals surface area contributed by atoms with E-state index in [2.05, 4.69) is 0 Å². The van der Waals surface area contributed by atoms with Crippen molar-refractivity contribution in [3.63, 3.8) is 0 Å². The number of carbonyl (C=O) groups excluding carboxylic acids is 2. The highest BCUT2D eigenvalue weighted by atomic mass is 16.5. The molecule has 1 saturated heterocycles. The van der Waals surface area contributed by atoms with Gasteiger partial charge in [-0.1, -0.05) is 0 Å². The fraction of sp³-hybridized carbons (Fsp3) is 0.692. The fourth-order valence-corrected chi connectivity index (χ4v) is 2.06. The Morgan fingerprint density at radius 3 is 2.47 bits per heavy atom. The molecular weight excluding hydrogens is 220 g/mol. The number of rotatable bonds is 6. The number of Topliss-reactive ketones (excluding diaryl/α,β-unsaturated/α-hetero) is 2. The maximum absolute atomic E-state index is 11.3. The minimum atomic E-state index is -0.667. The summed E-state index contributed by atoms with van der Waals surface area (Å²) >= 11 is 0. The monoisotopic (exact) mass is 240 g/mol. The zero-order valence-corrected chi connectivity index (χ0v) is 10.7. The van der Waals surface area contributed by atoms with Crippen molar-refractivity contribution < 1.29 is 19.1 Å². The third-order valence-electron chi connectivity index (χ3n) is 2.84. The van der Waals surface area contributed by atoms with Gasteiger partial charge in [0.05, 0.1) is 18.3 Å². The molecule has 4 heteroatoms. The standard InChI is InChI=1S/C13H20O4/c1-9(13(10(2)14)11(3)15)7-16-8-12-5-4-6-17-12/h7,12-13H,4-6,8H2,1-3H3. The van der Waals surface area contributed by atoms with Crippen LogP contribution >= 0.6 is 0 Å². The highest BCUT2D eigenvalue weighted by Crippen LogP contribution is 2.15. The zero-order valence-electron chi connectivity index (χ0n) is 10.7. The van der Waals surface area contributed by atoms with Crippen LogP contribution in [0.3, 0.4) is 0 Å². The zero-order chi connectivity index (χ0) is 12.8. The first-order chi connectivity index (χ1) is 8.02. The fourth-order valence-electron chi connectivity index (χ4n) is 2.06. The van der Waals surface area contributed by atoms with E-state index in [1.54, 1.807) is 6.92 Å². The van der Waals surface area contributed by atoms with Crippen LogP contribution in [0.15, 0.2) is 11.8 Å². The number of ether oxygens (including phenoxy) is 2. The van der Waals surface area contributed by atoms with E-state index in [1.807, 2.05) is 0 Å². The normalized spacial score (nSPS) is 20.7. The van der Waals surface area contributed by atoms with E-state index in [9.17, 15) is 9.59 Å². The van der Waals surface area contributed by atoms with Crippen molar-refractivity contribution in [1.29, 1.82) is 0 Å². The SMILES string of the molecule is CC(=O)C(C(C)=O)C(C)=COCC1CCCO1. The van der Waals surface area contributed by atoms with Crippen molar-refractivity contribution >= 4 is 11.6 Å². The predicted molar refractivity (Wildman–Crippen MR) is 63.5 cm³/mol. The number of ketones is 2. The van der Waals surface area contributed by atoms with Gasteiger partial charge in [-0.2, -0.15) is 0 Å². The Morgan fingerprint density at radius 2 is 2.00 bits per heavy atom. The average molecular weight is 240 g/mol. The molecule has 0 N–H and O–H groups in total. The Morgan fingerprint density at radius 1 is 1.35 bits per heavy atom. The Hall–Kier alpha value is -1.16. The second-order valence-electron chi connectivity index (χ2n) is 4.48.